The largest absolute Gasteiger partial charge is 0.350 e. The average molecular weight is 324 g/mol. The van der Waals surface area contributed by atoms with E-state index in [0.29, 0.717) is 11.8 Å². The van der Waals surface area contributed by atoms with Crippen molar-refractivity contribution in [3.8, 4) is 0 Å². The minimum atomic E-state index is -0.176. The summed E-state index contributed by atoms with van der Waals surface area (Å²) in [5.74, 6) is 0.869. The fraction of sp³-hybridized carbons (Fsp3) is 0.588. The molecule has 0 saturated heterocycles. The Kier molecular flexibility index (Phi) is 3.07. The molecule has 1 aromatic rings. The second-order valence-corrected chi connectivity index (χ2v) is 8.20. The molecule has 1 N–H and O–H groups in total. The number of nitrogens with one attached hydrogen (secondary N) is 1. The maximum atomic E-state index is 11.9. The first-order valence-electron chi connectivity index (χ1n) is 7.67. The van der Waals surface area contributed by atoms with E-state index in [-0.39, 0.29) is 22.2 Å². The van der Waals surface area contributed by atoms with Crippen LogP contribution in [0.15, 0.2) is 24.3 Å². The van der Waals surface area contributed by atoms with Crippen LogP contribution in [0.5, 0.6) is 0 Å². The monoisotopic (exact) mass is 323 g/mol. The molecule has 2 saturated carbocycles. The Labute approximate surface area is 135 Å². The van der Waals surface area contributed by atoms with Crippen LogP contribution in [0, 0.1) is 0 Å². The van der Waals surface area contributed by atoms with Gasteiger partial charge in [-0.15, -0.1) is 23.2 Å². The van der Waals surface area contributed by atoms with Crippen molar-refractivity contribution in [1.29, 1.82) is 0 Å². The van der Waals surface area contributed by atoms with Crippen LogP contribution < -0.4 is 5.32 Å². The number of rotatable bonds is 2. The summed E-state index contributed by atoms with van der Waals surface area (Å²) in [6.07, 6.45) is 4.93. The molecule has 0 aromatic heterocycles. The fourth-order valence-corrected chi connectivity index (χ4v) is 5.90. The SMILES string of the molecule is O=C(CCl)NC12CC3CC(Cl)(CC(C1)c1ccccc13)C2. The van der Waals surface area contributed by atoms with Crippen molar-refractivity contribution < 1.29 is 4.79 Å². The van der Waals surface area contributed by atoms with E-state index in [1.54, 1.807) is 0 Å². The van der Waals surface area contributed by atoms with Gasteiger partial charge in [0, 0.05) is 10.4 Å². The summed E-state index contributed by atoms with van der Waals surface area (Å²) in [6.45, 7) is 0. The van der Waals surface area contributed by atoms with E-state index >= 15 is 0 Å². The molecule has 21 heavy (non-hydrogen) atoms. The Balaban J connectivity index is 1.79. The predicted octanol–water partition coefficient (Wildman–Crippen LogP) is 3.92. The molecular weight excluding hydrogens is 305 g/mol. The Hall–Kier alpha value is -0.730. The molecule has 4 bridgehead atoms. The second-order valence-electron chi connectivity index (χ2n) is 7.13. The molecule has 0 aliphatic heterocycles. The number of hydrogen-bond donors (Lipinski definition) is 1. The molecule has 0 radical (unpaired) electrons. The van der Waals surface area contributed by atoms with Gasteiger partial charge in [0.15, 0.2) is 0 Å². The van der Waals surface area contributed by atoms with Crippen LogP contribution in [-0.2, 0) is 4.79 Å². The predicted molar refractivity (Wildman–Crippen MR) is 85.2 cm³/mol. The lowest BCUT2D eigenvalue weighted by Gasteiger charge is -2.52. The zero-order valence-corrected chi connectivity index (χ0v) is 13.4. The van der Waals surface area contributed by atoms with Crippen molar-refractivity contribution in [3.05, 3.63) is 35.4 Å². The lowest BCUT2D eigenvalue weighted by atomic mass is 9.62. The van der Waals surface area contributed by atoms with Crippen LogP contribution >= 0.6 is 23.2 Å². The third-order valence-electron chi connectivity index (χ3n) is 5.56. The van der Waals surface area contributed by atoms with Crippen molar-refractivity contribution >= 4 is 29.1 Å². The first-order chi connectivity index (χ1) is 10.0. The molecule has 4 aliphatic rings. The van der Waals surface area contributed by atoms with Gasteiger partial charge in [-0.3, -0.25) is 4.79 Å². The molecule has 4 heteroatoms. The quantitative estimate of drug-likeness (QED) is 0.821. The molecule has 1 aromatic carbocycles. The van der Waals surface area contributed by atoms with E-state index in [1.807, 2.05) is 0 Å². The highest BCUT2D eigenvalue weighted by molar-refractivity contribution is 6.27. The van der Waals surface area contributed by atoms with Gasteiger partial charge in [0.25, 0.3) is 0 Å². The molecule has 1 amide bonds. The van der Waals surface area contributed by atoms with Gasteiger partial charge in [-0.05, 0) is 55.1 Å². The van der Waals surface area contributed by atoms with Crippen molar-refractivity contribution in [1.82, 2.24) is 5.32 Å². The molecule has 0 heterocycles. The van der Waals surface area contributed by atoms with Gasteiger partial charge in [0.1, 0.15) is 5.88 Å². The molecule has 2 unspecified atom stereocenters. The van der Waals surface area contributed by atoms with Gasteiger partial charge in [-0.25, -0.2) is 0 Å². The maximum absolute atomic E-state index is 11.9. The van der Waals surface area contributed by atoms with E-state index in [4.69, 9.17) is 23.2 Å². The van der Waals surface area contributed by atoms with Gasteiger partial charge in [-0.1, -0.05) is 24.3 Å². The summed E-state index contributed by atoms with van der Waals surface area (Å²) in [5, 5.41) is 3.22. The van der Waals surface area contributed by atoms with Crippen molar-refractivity contribution in [2.75, 3.05) is 5.88 Å². The molecule has 0 spiro atoms. The van der Waals surface area contributed by atoms with Crippen LogP contribution in [0.25, 0.3) is 0 Å². The lowest BCUT2D eigenvalue weighted by Crippen LogP contribution is -2.59. The van der Waals surface area contributed by atoms with E-state index in [1.165, 1.54) is 11.1 Å². The minimum Gasteiger partial charge on any atom is -0.350 e. The third kappa shape index (κ3) is 2.19. The summed E-state index contributed by atoms with van der Waals surface area (Å²) in [5.41, 5.74) is 2.73. The van der Waals surface area contributed by atoms with Gasteiger partial charge in [0.05, 0.1) is 0 Å². The van der Waals surface area contributed by atoms with E-state index in [0.717, 1.165) is 32.1 Å². The molecule has 112 valence electrons. The maximum Gasteiger partial charge on any atom is 0.235 e. The third-order valence-corrected chi connectivity index (χ3v) is 6.24. The van der Waals surface area contributed by atoms with Gasteiger partial charge >= 0.3 is 0 Å². The Morgan fingerprint density at radius 1 is 1.14 bits per heavy atom. The zero-order valence-electron chi connectivity index (χ0n) is 11.9. The van der Waals surface area contributed by atoms with Gasteiger partial charge in [-0.2, -0.15) is 0 Å². The van der Waals surface area contributed by atoms with Crippen LogP contribution in [0.4, 0.5) is 0 Å². The zero-order chi connectivity index (χ0) is 14.7. The second kappa shape index (κ2) is 4.63. The molecular formula is C17H19Cl2NO. The molecule has 2 nitrogen and oxygen atoms in total. The fourth-order valence-electron chi connectivity index (χ4n) is 5.20. The highest BCUT2D eigenvalue weighted by Crippen LogP contribution is 2.61. The Morgan fingerprint density at radius 2 is 1.71 bits per heavy atom. The van der Waals surface area contributed by atoms with Crippen molar-refractivity contribution in [3.63, 3.8) is 0 Å². The summed E-state index contributed by atoms with van der Waals surface area (Å²) >= 11 is 12.7. The normalized spacial score (nSPS) is 39.7. The first-order valence-corrected chi connectivity index (χ1v) is 8.59. The lowest BCUT2D eigenvalue weighted by molar-refractivity contribution is -0.121. The molecule has 2 fully saturated rings. The molecule has 5 rings (SSSR count). The van der Waals surface area contributed by atoms with Gasteiger partial charge < -0.3 is 5.32 Å². The van der Waals surface area contributed by atoms with E-state index in [9.17, 15) is 4.79 Å². The van der Waals surface area contributed by atoms with E-state index < -0.39 is 0 Å². The summed E-state index contributed by atoms with van der Waals surface area (Å²) in [6, 6.07) is 8.74. The van der Waals surface area contributed by atoms with Crippen LogP contribution in [-0.4, -0.2) is 22.2 Å². The van der Waals surface area contributed by atoms with Gasteiger partial charge in [0.2, 0.25) is 5.91 Å². The number of amides is 1. The Bertz CT molecular complexity index is 565. The summed E-state index contributed by atoms with van der Waals surface area (Å²) in [4.78, 5) is 11.7. The van der Waals surface area contributed by atoms with Crippen LogP contribution in [0.2, 0.25) is 0 Å². The highest BCUT2D eigenvalue weighted by atomic mass is 35.5. The smallest absolute Gasteiger partial charge is 0.235 e. The standard InChI is InChI=1S/C17H19Cl2NO/c18-9-15(21)20-17-7-11-5-16(19,10-17)6-12(8-17)14-4-2-1-3-13(11)14/h1-4,11-12H,5-10H2,(H,20,21). The first kappa shape index (κ1) is 13.9. The number of alkyl halides is 2. The number of carbonyl (C=O) groups is 1. The minimum absolute atomic E-state index is 0.0271. The average Bonchev–Trinajstić information content (AvgIpc) is 2.58. The van der Waals surface area contributed by atoms with Crippen LogP contribution in [0.3, 0.4) is 0 Å². The molecule has 4 aliphatic carbocycles. The number of halogens is 2. The number of hydrogen-bond acceptors (Lipinski definition) is 1. The molecule has 2 atom stereocenters. The van der Waals surface area contributed by atoms with Crippen LogP contribution in [0.1, 0.15) is 55.1 Å². The van der Waals surface area contributed by atoms with Crippen molar-refractivity contribution in [2.24, 2.45) is 0 Å². The van der Waals surface area contributed by atoms with E-state index in [2.05, 4.69) is 29.6 Å². The number of carbonyl (C=O) groups excluding carboxylic acids is 1. The van der Waals surface area contributed by atoms with Crippen molar-refractivity contribution in [2.45, 2.75) is 54.4 Å². The summed E-state index contributed by atoms with van der Waals surface area (Å²) < 4.78 is 0. The highest BCUT2D eigenvalue weighted by Gasteiger charge is 2.56. The number of benzene rings is 1. The Morgan fingerprint density at radius 3 is 2.24 bits per heavy atom. The topological polar surface area (TPSA) is 29.1 Å². The summed E-state index contributed by atoms with van der Waals surface area (Å²) in [7, 11) is 0.